The maximum atomic E-state index is 11.8. The number of carbonyl (C=O) groups is 1. The molecule has 0 rings (SSSR count). The molecular formula is C24H51AsO2. The zero-order valence-electron chi connectivity index (χ0n) is 19.5. The van der Waals surface area contributed by atoms with E-state index in [4.69, 9.17) is 3.73 Å². The van der Waals surface area contributed by atoms with Crippen LogP contribution >= 0.6 is 0 Å². The summed E-state index contributed by atoms with van der Waals surface area (Å²) in [4.78, 5) is 11.8. The monoisotopic (exact) mass is 446 g/mol. The first-order valence-electron chi connectivity index (χ1n) is 12.0. The van der Waals surface area contributed by atoms with Crippen LogP contribution in [0.4, 0.5) is 0 Å². The number of carbonyl (C=O) groups excluding carboxylic acids is 1. The number of rotatable bonds is 19. The topological polar surface area (TPSA) is 26.3 Å². The Morgan fingerprint density at radius 2 is 0.889 bits per heavy atom. The Morgan fingerprint density at radius 3 is 1.19 bits per heavy atom. The standard InChI is InChI=1S/C24H51AsO2/c1-6-8-10-12-14-16-18-20-22-25(4,5,27-24(3)26)23-21-19-17-15-13-11-9-7-2/h6-23H2,1-5H3. The van der Waals surface area contributed by atoms with Crippen molar-refractivity contribution in [3.8, 4) is 0 Å². The number of unbranched alkanes of at least 4 members (excludes halogenated alkanes) is 14. The summed E-state index contributed by atoms with van der Waals surface area (Å²) < 4.78 is 6.08. The third kappa shape index (κ3) is 16.7. The van der Waals surface area contributed by atoms with Crippen molar-refractivity contribution < 1.29 is 8.52 Å². The molecule has 0 aromatic heterocycles. The average Bonchev–Trinajstić information content (AvgIpc) is 2.59. The van der Waals surface area contributed by atoms with Gasteiger partial charge < -0.3 is 0 Å². The van der Waals surface area contributed by atoms with Crippen LogP contribution < -0.4 is 0 Å². The van der Waals surface area contributed by atoms with Crippen molar-refractivity contribution in [1.29, 1.82) is 0 Å². The molecule has 0 bridgehead atoms. The molecule has 0 radical (unpaired) electrons. The molecule has 0 saturated carbocycles. The van der Waals surface area contributed by atoms with Gasteiger partial charge in [-0.15, -0.1) is 0 Å². The quantitative estimate of drug-likeness (QED) is 0.146. The minimum absolute atomic E-state index is 0.0508. The van der Waals surface area contributed by atoms with Crippen molar-refractivity contribution in [3.63, 3.8) is 0 Å². The van der Waals surface area contributed by atoms with Crippen LogP contribution in [0.3, 0.4) is 0 Å². The fourth-order valence-corrected chi connectivity index (χ4v) is 11.9. The molecule has 0 heterocycles. The molecule has 0 N–H and O–H groups in total. The number of hydrogen-bond acceptors (Lipinski definition) is 2. The molecule has 0 aromatic carbocycles. The Kier molecular flexibility index (Phi) is 15.9. The van der Waals surface area contributed by atoms with Crippen molar-refractivity contribution in [3.05, 3.63) is 0 Å². The van der Waals surface area contributed by atoms with Crippen molar-refractivity contribution in [2.24, 2.45) is 0 Å². The summed E-state index contributed by atoms with van der Waals surface area (Å²) in [6, 6.07) is 0. The molecule has 0 aliphatic heterocycles. The van der Waals surface area contributed by atoms with Gasteiger partial charge in [-0.25, -0.2) is 0 Å². The summed E-state index contributed by atoms with van der Waals surface area (Å²) in [5.41, 5.74) is 4.70. The molecule has 164 valence electrons. The first kappa shape index (κ1) is 27.0. The van der Waals surface area contributed by atoms with Crippen LogP contribution in [-0.2, 0) is 8.52 Å². The van der Waals surface area contributed by atoms with Gasteiger partial charge in [0.25, 0.3) is 0 Å². The Hall–Kier alpha value is 0.0284. The van der Waals surface area contributed by atoms with Crippen LogP contribution in [0, 0.1) is 0 Å². The zero-order valence-corrected chi connectivity index (χ0v) is 21.4. The van der Waals surface area contributed by atoms with Crippen LogP contribution in [0.2, 0.25) is 21.8 Å². The fourth-order valence-electron chi connectivity index (χ4n) is 4.12. The first-order valence-corrected chi connectivity index (χ1v) is 19.2. The molecule has 0 aliphatic rings. The van der Waals surface area contributed by atoms with Crippen LogP contribution in [-0.4, -0.2) is 18.8 Å². The van der Waals surface area contributed by atoms with Crippen LogP contribution in [0.25, 0.3) is 0 Å². The van der Waals surface area contributed by atoms with E-state index in [1.54, 1.807) is 6.92 Å². The zero-order chi connectivity index (χ0) is 20.5. The molecule has 0 spiro atoms. The Bertz CT molecular complexity index is 341. The van der Waals surface area contributed by atoms with Gasteiger partial charge in [-0.05, 0) is 0 Å². The van der Waals surface area contributed by atoms with Gasteiger partial charge in [0.05, 0.1) is 0 Å². The van der Waals surface area contributed by atoms with Crippen molar-refractivity contribution in [2.75, 3.05) is 0 Å². The van der Waals surface area contributed by atoms with Crippen LogP contribution in [0.15, 0.2) is 0 Å². The second-order valence-corrected chi connectivity index (χ2v) is 22.5. The van der Waals surface area contributed by atoms with Gasteiger partial charge in [-0.2, -0.15) is 0 Å². The van der Waals surface area contributed by atoms with E-state index in [1.807, 2.05) is 0 Å². The van der Waals surface area contributed by atoms with Gasteiger partial charge in [0.1, 0.15) is 0 Å². The third-order valence-corrected chi connectivity index (χ3v) is 14.9. The summed E-state index contributed by atoms with van der Waals surface area (Å²) in [6.07, 6.45) is 21.5. The second kappa shape index (κ2) is 15.9. The van der Waals surface area contributed by atoms with Gasteiger partial charge in [-0.3, -0.25) is 0 Å². The predicted molar refractivity (Wildman–Crippen MR) is 124 cm³/mol. The van der Waals surface area contributed by atoms with E-state index in [0.717, 1.165) is 0 Å². The van der Waals surface area contributed by atoms with Crippen LogP contribution in [0.5, 0.6) is 0 Å². The van der Waals surface area contributed by atoms with Crippen molar-refractivity contribution in [2.45, 2.75) is 145 Å². The van der Waals surface area contributed by atoms with Crippen molar-refractivity contribution >= 4 is 18.8 Å². The Morgan fingerprint density at radius 1 is 0.593 bits per heavy atom. The van der Waals surface area contributed by atoms with E-state index in [2.05, 4.69) is 25.3 Å². The summed E-state index contributed by atoms with van der Waals surface area (Å²) in [7, 11) is 0. The molecule has 0 fully saturated rings. The molecule has 3 heteroatoms. The van der Waals surface area contributed by atoms with Gasteiger partial charge in [0.15, 0.2) is 0 Å². The second-order valence-electron chi connectivity index (χ2n) is 9.54. The molecule has 27 heavy (non-hydrogen) atoms. The van der Waals surface area contributed by atoms with Crippen molar-refractivity contribution in [1.82, 2.24) is 0 Å². The minimum atomic E-state index is -2.91. The van der Waals surface area contributed by atoms with E-state index in [-0.39, 0.29) is 5.97 Å². The molecule has 0 amide bonds. The summed E-state index contributed by atoms with van der Waals surface area (Å²) in [6.45, 7) is 6.15. The SMILES string of the molecule is CCCCCCCCCC[As](C)(C)(CCCCCCCCCC)OC(C)=O. The van der Waals surface area contributed by atoms with Gasteiger partial charge in [0, 0.05) is 0 Å². The van der Waals surface area contributed by atoms with Gasteiger partial charge >= 0.3 is 173 Å². The summed E-state index contributed by atoms with van der Waals surface area (Å²) in [5, 5.41) is 2.34. The van der Waals surface area contributed by atoms with E-state index in [0.29, 0.717) is 0 Å². The van der Waals surface area contributed by atoms with E-state index < -0.39 is 12.8 Å². The number of hydrogen-bond donors (Lipinski definition) is 0. The molecule has 2 nitrogen and oxygen atoms in total. The molecular weight excluding hydrogens is 395 g/mol. The van der Waals surface area contributed by atoms with Gasteiger partial charge in [0.2, 0.25) is 0 Å². The van der Waals surface area contributed by atoms with Crippen LogP contribution in [0.1, 0.15) is 124 Å². The fraction of sp³-hybridized carbons (Fsp3) is 0.958. The first-order chi connectivity index (χ1) is 12.8. The third-order valence-electron chi connectivity index (χ3n) is 5.86. The van der Waals surface area contributed by atoms with E-state index in [1.165, 1.54) is 113 Å². The molecule has 0 unspecified atom stereocenters. The molecule has 0 atom stereocenters. The molecule has 0 aromatic rings. The van der Waals surface area contributed by atoms with E-state index in [9.17, 15) is 4.79 Å². The normalized spacial score (nSPS) is 13.3. The Labute approximate surface area is 172 Å². The summed E-state index contributed by atoms with van der Waals surface area (Å²) in [5.74, 6) is -0.0508. The molecule has 0 aliphatic carbocycles. The molecule has 0 saturated heterocycles. The van der Waals surface area contributed by atoms with E-state index >= 15 is 0 Å². The Balaban J connectivity index is 4.08. The maximum absolute atomic E-state index is 11.8. The average molecular weight is 447 g/mol. The predicted octanol–water partition coefficient (Wildman–Crippen LogP) is 8.99. The van der Waals surface area contributed by atoms with Gasteiger partial charge in [-0.1, -0.05) is 0 Å². The summed E-state index contributed by atoms with van der Waals surface area (Å²) >= 11 is -2.91.